The molecule has 1 aliphatic heterocycles. The molecule has 14 heavy (non-hydrogen) atoms. The van der Waals surface area contributed by atoms with Crippen molar-refractivity contribution in [2.45, 2.75) is 64.7 Å². The lowest BCUT2D eigenvalue weighted by Crippen LogP contribution is -2.31. The maximum Gasteiger partial charge on any atom is 0.294 e. The summed E-state index contributed by atoms with van der Waals surface area (Å²) in [6, 6.07) is 0. The zero-order chi connectivity index (χ0) is 10.2. The van der Waals surface area contributed by atoms with E-state index in [9.17, 15) is 0 Å². The van der Waals surface area contributed by atoms with Gasteiger partial charge in [-0.25, -0.2) is 0 Å². The van der Waals surface area contributed by atoms with Crippen molar-refractivity contribution in [3.05, 3.63) is 0 Å². The van der Waals surface area contributed by atoms with Crippen molar-refractivity contribution >= 4 is 6.92 Å². The number of fused-ring (bicyclic) bond motifs is 2. The van der Waals surface area contributed by atoms with Gasteiger partial charge in [-0.1, -0.05) is 19.3 Å². The second-order valence-electron chi connectivity index (χ2n) is 6.21. The van der Waals surface area contributed by atoms with Crippen LogP contribution in [0.4, 0.5) is 0 Å². The smallest absolute Gasteiger partial charge is 0.294 e. The molecule has 2 atom stereocenters. The maximum atomic E-state index is 6.11. The summed E-state index contributed by atoms with van der Waals surface area (Å²) in [6.45, 7) is 7.08. The Kier molecular flexibility index (Phi) is 2.92. The van der Waals surface area contributed by atoms with Crippen LogP contribution in [0.1, 0.15) is 46.5 Å². The molecule has 2 aliphatic rings. The zero-order valence-corrected chi connectivity index (χ0v) is 9.88. The van der Waals surface area contributed by atoms with Crippen LogP contribution >= 0.6 is 0 Å². The Labute approximate surface area is 88.7 Å². The van der Waals surface area contributed by atoms with Crippen molar-refractivity contribution in [3.8, 4) is 0 Å². The van der Waals surface area contributed by atoms with Crippen molar-refractivity contribution in [1.82, 2.24) is 0 Å². The third-order valence-electron chi connectivity index (χ3n) is 3.66. The summed E-state index contributed by atoms with van der Waals surface area (Å²) in [7, 11) is 0. The average Bonchev–Trinajstić information content (AvgIpc) is 2.35. The van der Waals surface area contributed by atoms with Gasteiger partial charge in [0.25, 0.3) is 6.92 Å². The van der Waals surface area contributed by atoms with E-state index in [1.165, 1.54) is 38.3 Å². The molecule has 1 saturated heterocycles. The minimum atomic E-state index is 0.0499. The van der Waals surface area contributed by atoms with E-state index in [0.29, 0.717) is 6.92 Å². The number of hydrogen-bond acceptors (Lipinski definition) is 1. The molecule has 80 valence electrons. The molecule has 1 nitrogen and oxygen atoms in total. The first-order valence-electron chi connectivity index (χ1n) is 6.21. The topological polar surface area (TPSA) is 9.23 Å². The van der Waals surface area contributed by atoms with E-state index in [4.69, 9.17) is 4.65 Å². The Morgan fingerprint density at radius 2 is 1.79 bits per heavy atom. The lowest BCUT2D eigenvalue weighted by molar-refractivity contribution is 0.126. The van der Waals surface area contributed by atoms with Crippen LogP contribution in [0.2, 0.25) is 12.6 Å². The van der Waals surface area contributed by atoms with Gasteiger partial charge >= 0.3 is 0 Å². The van der Waals surface area contributed by atoms with Gasteiger partial charge in [-0.2, -0.15) is 0 Å². The van der Waals surface area contributed by atoms with E-state index in [1.807, 2.05) is 0 Å². The lowest BCUT2D eigenvalue weighted by Gasteiger charge is -2.27. The number of rotatable bonds is 1. The highest BCUT2D eigenvalue weighted by molar-refractivity contribution is 6.52. The first kappa shape index (κ1) is 10.5. The molecule has 2 fully saturated rings. The monoisotopic (exact) mass is 194 g/mol. The normalized spacial score (nSPS) is 33.2. The summed E-state index contributed by atoms with van der Waals surface area (Å²) < 4.78 is 6.11. The third-order valence-corrected chi connectivity index (χ3v) is 3.66. The quantitative estimate of drug-likeness (QED) is 0.579. The van der Waals surface area contributed by atoms with Crippen molar-refractivity contribution in [2.75, 3.05) is 0 Å². The Bertz CT molecular complexity index is 197. The van der Waals surface area contributed by atoms with E-state index in [-0.39, 0.29) is 5.60 Å². The third kappa shape index (κ3) is 2.76. The summed E-state index contributed by atoms with van der Waals surface area (Å²) in [5.74, 6) is 2.02. The van der Waals surface area contributed by atoms with Crippen LogP contribution in [0.15, 0.2) is 0 Å². The van der Waals surface area contributed by atoms with Gasteiger partial charge in [-0.3, -0.25) is 0 Å². The molecule has 1 aliphatic carbocycles. The molecule has 0 aromatic heterocycles. The predicted molar refractivity (Wildman–Crippen MR) is 61.7 cm³/mol. The van der Waals surface area contributed by atoms with Gasteiger partial charge in [-0.05, 0) is 51.7 Å². The van der Waals surface area contributed by atoms with Crippen LogP contribution in [0.5, 0.6) is 0 Å². The zero-order valence-electron chi connectivity index (χ0n) is 9.88. The fraction of sp³-hybridized carbons (Fsp3) is 1.00. The highest BCUT2D eigenvalue weighted by atomic mass is 16.5. The summed E-state index contributed by atoms with van der Waals surface area (Å²) in [5, 5.41) is 0. The van der Waals surface area contributed by atoms with Gasteiger partial charge in [0.1, 0.15) is 0 Å². The Hall–Kier alpha value is 0.0249. The minimum absolute atomic E-state index is 0.0499. The number of hydrogen-bond donors (Lipinski definition) is 0. The Balaban J connectivity index is 1.89. The molecule has 2 rings (SSSR count). The molecule has 1 heterocycles. The van der Waals surface area contributed by atoms with E-state index in [0.717, 1.165) is 11.8 Å². The van der Waals surface area contributed by atoms with E-state index in [1.54, 1.807) is 0 Å². The second kappa shape index (κ2) is 3.88. The van der Waals surface area contributed by atoms with Gasteiger partial charge in [0.05, 0.1) is 0 Å². The van der Waals surface area contributed by atoms with Crippen LogP contribution in [-0.2, 0) is 4.65 Å². The van der Waals surface area contributed by atoms with Crippen LogP contribution < -0.4 is 0 Å². The van der Waals surface area contributed by atoms with Gasteiger partial charge in [0, 0.05) is 5.60 Å². The van der Waals surface area contributed by atoms with Gasteiger partial charge in [0.15, 0.2) is 0 Å². The predicted octanol–water partition coefficient (Wildman–Crippen LogP) is 3.61. The van der Waals surface area contributed by atoms with Gasteiger partial charge in [-0.15, -0.1) is 0 Å². The van der Waals surface area contributed by atoms with Crippen molar-refractivity contribution < 1.29 is 4.65 Å². The van der Waals surface area contributed by atoms with Crippen molar-refractivity contribution in [3.63, 3.8) is 0 Å². The van der Waals surface area contributed by atoms with Crippen LogP contribution in [0.3, 0.4) is 0 Å². The minimum Gasteiger partial charge on any atom is -0.432 e. The Morgan fingerprint density at radius 1 is 1.07 bits per heavy atom. The highest BCUT2D eigenvalue weighted by Gasteiger charge is 2.35. The largest absolute Gasteiger partial charge is 0.432 e. The molecule has 0 aromatic carbocycles. The second-order valence-corrected chi connectivity index (χ2v) is 6.21. The summed E-state index contributed by atoms with van der Waals surface area (Å²) >= 11 is 0. The molecule has 1 saturated carbocycles. The van der Waals surface area contributed by atoms with Crippen LogP contribution in [-0.4, -0.2) is 12.5 Å². The molecule has 0 radical (unpaired) electrons. The van der Waals surface area contributed by atoms with Crippen LogP contribution in [0.25, 0.3) is 0 Å². The highest BCUT2D eigenvalue weighted by Crippen LogP contribution is 2.41. The van der Waals surface area contributed by atoms with Gasteiger partial charge in [0.2, 0.25) is 0 Å². The SMILES string of the molecule is CC(C)(C)OB1CCC2CCC(C1)C2. The summed E-state index contributed by atoms with van der Waals surface area (Å²) in [4.78, 5) is 0. The fourth-order valence-corrected chi connectivity index (χ4v) is 3.17. The molecule has 2 bridgehead atoms. The van der Waals surface area contributed by atoms with E-state index < -0.39 is 0 Å². The lowest BCUT2D eigenvalue weighted by atomic mass is 9.57. The van der Waals surface area contributed by atoms with Crippen molar-refractivity contribution in [2.24, 2.45) is 11.8 Å². The molecule has 0 aromatic rings. The molecular weight excluding hydrogens is 171 g/mol. The average molecular weight is 194 g/mol. The first-order valence-corrected chi connectivity index (χ1v) is 6.21. The molecule has 2 unspecified atom stereocenters. The molecule has 0 N–H and O–H groups in total. The molecule has 2 heteroatoms. The van der Waals surface area contributed by atoms with Crippen molar-refractivity contribution in [1.29, 1.82) is 0 Å². The Morgan fingerprint density at radius 3 is 2.50 bits per heavy atom. The molecule has 0 amide bonds. The molecular formula is C12H23BO. The van der Waals surface area contributed by atoms with E-state index >= 15 is 0 Å². The maximum absolute atomic E-state index is 6.11. The standard InChI is InChI=1S/C12H23BO/c1-12(2,3)14-13-7-6-10-4-5-11(8-10)9-13/h10-11H,4-9H2,1-3H3. The van der Waals surface area contributed by atoms with Gasteiger partial charge < -0.3 is 4.65 Å². The fourth-order valence-electron chi connectivity index (χ4n) is 3.17. The first-order chi connectivity index (χ1) is 6.53. The van der Waals surface area contributed by atoms with Crippen LogP contribution in [0, 0.1) is 11.8 Å². The summed E-state index contributed by atoms with van der Waals surface area (Å²) in [5.41, 5.74) is 0.0499. The summed E-state index contributed by atoms with van der Waals surface area (Å²) in [6.07, 6.45) is 8.50. The van der Waals surface area contributed by atoms with E-state index in [2.05, 4.69) is 20.8 Å². The molecule has 0 spiro atoms.